The summed E-state index contributed by atoms with van der Waals surface area (Å²) >= 11 is 0. The zero-order valence-corrected chi connectivity index (χ0v) is 15.9. The average molecular weight is 403 g/mol. The molecule has 148 valence electrons. The molecule has 0 spiro atoms. The third kappa shape index (κ3) is 3.78. The highest BCUT2D eigenvalue weighted by molar-refractivity contribution is 7.89. The number of rotatable bonds is 4. The summed E-state index contributed by atoms with van der Waals surface area (Å²) in [4.78, 5) is 23.6. The number of aromatic nitrogens is 2. The van der Waals surface area contributed by atoms with E-state index in [1.165, 1.54) is 17.0 Å². The number of carbonyl (C=O) groups is 1. The van der Waals surface area contributed by atoms with Crippen LogP contribution in [0.1, 0.15) is 29.5 Å². The molecule has 1 saturated carbocycles. The summed E-state index contributed by atoms with van der Waals surface area (Å²) in [6.07, 6.45) is 1.78. The first kappa shape index (κ1) is 18.6. The third-order valence-electron chi connectivity index (χ3n) is 5.30. The normalized spacial score (nSPS) is 22.2. The SMILES string of the molecule is NS(=O)(=O)c1ccc(C2CC2c2ccnc(N3CCN(C(=O)O)CC3)n2)cc1. The fourth-order valence-corrected chi connectivity index (χ4v) is 4.13. The number of piperazine rings is 1. The molecule has 0 bridgehead atoms. The summed E-state index contributed by atoms with van der Waals surface area (Å²) in [5, 5.41) is 14.2. The standard InChI is InChI=1S/C18H21N5O4S/c19-28(26,27)13-3-1-12(2-4-13)14-11-15(14)16-5-6-20-17(21-16)22-7-9-23(10-8-22)18(24)25/h1-6,14-15H,7-11H2,(H,24,25)(H2,19,26,27). The molecule has 3 N–H and O–H groups in total. The van der Waals surface area contributed by atoms with Gasteiger partial charge in [-0.2, -0.15) is 0 Å². The van der Waals surface area contributed by atoms with Gasteiger partial charge in [0.05, 0.1) is 4.90 Å². The van der Waals surface area contributed by atoms with Gasteiger partial charge in [0.15, 0.2) is 0 Å². The van der Waals surface area contributed by atoms with E-state index < -0.39 is 16.1 Å². The fraction of sp³-hybridized carbons (Fsp3) is 0.389. The highest BCUT2D eigenvalue weighted by Crippen LogP contribution is 2.54. The van der Waals surface area contributed by atoms with E-state index in [1.54, 1.807) is 18.3 Å². The summed E-state index contributed by atoms with van der Waals surface area (Å²) in [7, 11) is -3.68. The van der Waals surface area contributed by atoms with E-state index in [4.69, 9.17) is 15.2 Å². The van der Waals surface area contributed by atoms with Crippen LogP contribution < -0.4 is 10.0 Å². The topological polar surface area (TPSA) is 130 Å². The lowest BCUT2D eigenvalue weighted by Gasteiger charge is -2.33. The minimum Gasteiger partial charge on any atom is -0.465 e. The third-order valence-corrected chi connectivity index (χ3v) is 6.23. The van der Waals surface area contributed by atoms with Crippen LogP contribution in [-0.2, 0) is 10.0 Å². The molecule has 28 heavy (non-hydrogen) atoms. The molecule has 1 amide bonds. The first-order valence-electron chi connectivity index (χ1n) is 9.01. The molecule has 2 fully saturated rings. The maximum absolute atomic E-state index is 11.4. The Balaban J connectivity index is 1.44. The minimum atomic E-state index is -3.68. The number of nitrogens with two attached hydrogens (primary N) is 1. The van der Waals surface area contributed by atoms with Gasteiger partial charge in [-0.05, 0) is 36.1 Å². The second-order valence-corrected chi connectivity index (χ2v) is 8.66. The molecule has 1 saturated heterocycles. The lowest BCUT2D eigenvalue weighted by Crippen LogP contribution is -2.48. The van der Waals surface area contributed by atoms with Crippen LogP contribution in [0.2, 0.25) is 0 Å². The molecule has 1 aromatic carbocycles. The first-order chi connectivity index (χ1) is 13.3. The lowest BCUT2D eigenvalue weighted by atomic mass is 10.1. The maximum atomic E-state index is 11.4. The van der Waals surface area contributed by atoms with Gasteiger partial charge in [-0.15, -0.1) is 0 Å². The van der Waals surface area contributed by atoms with Gasteiger partial charge in [0.25, 0.3) is 0 Å². The lowest BCUT2D eigenvalue weighted by molar-refractivity contribution is 0.142. The van der Waals surface area contributed by atoms with E-state index in [0.717, 1.165) is 17.7 Å². The molecule has 1 aromatic heterocycles. The average Bonchev–Trinajstić information content (AvgIpc) is 3.48. The van der Waals surface area contributed by atoms with Gasteiger partial charge in [0.1, 0.15) is 0 Å². The molecule has 2 atom stereocenters. The number of anilines is 1. The number of hydrogen-bond acceptors (Lipinski definition) is 6. The van der Waals surface area contributed by atoms with Gasteiger partial charge >= 0.3 is 6.09 Å². The van der Waals surface area contributed by atoms with Crippen molar-refractivity contribution >= 4 is 22.1 Å². The van der Waals surface area contributed by atoms with Crippen LogP contribution in [0.5, 0.6) is 0 Å². The molecule has 0 radical (unpaired) electrons. The predicted octanol–water partition coefficient (Wildman–Crippen LogP) is 1.20. The van der Waals surface area contributed by atoms with Crippen molar-refractivity contribution < 1.29 is 18.3 Å². The van der Waals surface area contributed by atoms with Crippen molar-refractivity contribution in [2.24, 2.45) is 5.14 Å². The molecular formula is C18H21N5O4S. The quantitative estimate of drug-likeness (QED) is 0.784. The summed E-state index contributed by atoms with van der Waals surface area (Å²) in [5.41, 5.74) is 2.01. The van der Waals surface area contributed by atoms with Crippen LogP contribution in [0.25, 0.3) is 0 Å². The van der Waals surface area contributed by atoms with Crippen LogP contribution in [0.4, 0.5) is 10.7 Å². The van der Waals surface area contributed by atoms with Crippen molar-refractivity contribution in [3.05, 3.63) is 47.8 Å². The Morgan fingerprint density at radius 3 is 2.36 bits per heavy atom. The number of carboxylic acid groups (broad SMARTS) is 1. The van der Waals surface area contributed by atoms with Gasteiger partial charge in [-0.1, -0.05) is 12.1 Å². The van der Waals surface area contributed by atoms with Crippen LogP contribution >= 0.6 is 0 Å². The van der Waals surface area contributed by atoms with Gasteiger partial charge in [0.2, 0.25) is 16.0 Å². The largest absolute Gasteiger partial charge is 0.465 e. The summed E-state index contributed by atoms with van der Waals surface area (Å²) in [5.74, 6) is 1.18. The van der Waals surface area contributed by atoms with Crippen LogP contribution in [0.3, 0.4) is 0 Å². The van der Waals surface area contributed by atoms with Crippen molar-refractivity contribution in [3.8, 4) is 0 Å². The second kappa shape index (κ2) is 7.02. The van der Waals surface area contributed by atoms with Crippen LogP contribution in [-0.4, -0.2) is 60.7 Å². The molecule has 4 rings (SSSR count). The van der Waals surface area contributed by atoms with E-state index in [-0.39, 0.29) is 10.8 Å². The van der Waals surface area contributed by atoms with Crippen LogP contribution in [0, 0.1) is 0 Å². The molecule has 2 aromatic rings. The summed E-state index contributed by atoms with van der Waals surface area (Å²) < 4.78 is 22.8. The zero-order valence-electron chi connectivity index (χ0n) is 15.1. The Kier molecular flexibility index (Phi) is 4.68. The Hall–Kier alpha value is -2.72. The number of primary sulfonamides is 1. The molecule has 2 unspecified atom stereocenters. The molecule has 10 heteroatoms. The monoisotopic (exact) mass is 403 g/mol. The van der Waals surface area contributed by atoms with Crippen molar-refractivity contribution in [1.29, 1.82) is 0 Å². The van der Waals surface area contributed by atoms with E-state index in [0.29, 0.717) is 38.0 Å². The fourth-order valence-electron chi connectivity index (χ4n) is 3.61. The molecular weight excluding hydrogens is 382 g/mol. The Bertz CT molecular complexity index is 987. The Morgan fingerprint density at radius 2 is 1.75 bits per heavy atom. The number of amides is 1. The van der Waals surface area contributed by atoms with Gasteiger partial charge in [0, 0.05) is 44.0 Å². The van der Waals surface area contributed by atoms with E-state index in [2.05, 4.69) is 4.98 Å². The molecule has 1 aliphatic carbocycles. The van der Waals surface area contributed by atoms with Crippen molar-refractivity contribution in [2.45, 2.75) is 23.2 Å². The van der Waals surface area contributed by atoms with E-state index >= 15 is 0 Å². The van der Waals surface area contributed by atoms with Gasteiger partial charge < -0.3 is 14.9 Å². The summed E-state index contributed by atoms with van der Waals surface area (Å²) in [6, 6.07) is 8.58. The Labute approximate surface area is 162 Å². The van der Waals surface area contributed by atoms with Gasteiger partial charge in [-0.25, -0.2) is 28.3 Å². The molecule has 9 nitrogen and oxygen atoms in total. The van der Waals surface area contributed by atoms with Crippen molar-refractivity contribution in [3.63, 3.8) is 0 Å². The van der Waals surface area contributed by atoms with E-state index in [1.807, 2.05) is 11.0 Å². The van der Waals surface area contributed by atoms with Crippen LogP contribution in [0.15, 0.2) is 41.4 Å². The van der Waals surface area contributed by atoms with Crippen molar-refractivity contribution in [1.82, 2.24) is 14.9 Å². The predicted molar refractivity (Wildman–Crippen MR) is 102 cm³/mol. The molecule has 2 heterocycles. The van der Waals surface area contributed by atoms with Gasteiger partial charge in [-0.3, -0.25) is 0 Å². The molecule has 1 aliphatic heterocycles. The van der Waals surface area contributed by atoms with Crippen molar-refractivity contribution in [2.75, 3.05) is 31.1 Å². The number of nitrogens with zero attached hydrogens (tertiary/aromatic N) is 4. The number of sulfonamides is 1. The highest BCUT2D eigenvalue weighted by Gasteiger charge is 2.41. The number of hydrogen-bond donors (Lipinski definition) is 2. The molecule has 2 aliphatic rings. The number of benzene rings is 1. The van der Waals surface area contributed by atoms with E-state index in [9.17, 15) is 13.2 Å². The first-order valence-corrected chi connectivity index (χ1v) is 10.6. The second-order valence-electron chi connectivity index (χ2n) is 7.10. The maximum Gasteiger partial charge on any atom is 0.407 e. The Morgan fingerprint density at radius 1 is 1.07 bits per heavy atom. The summed E-state index contributed by atoms with van der Waals surface area (Å²) in [6.45, 7) is 2.01. The zero-order chi connectivity index (χ0) is 19.9. The smallest absolute Gasteiger partial charge is 0.407 e. The highest BCUT2D eigenvalue weighted by atomic mass is 32.2. The minimum absolute atomic E-state index is 0.110.